The normalized spacial score (nSPS) is 22.8. The van der Waals surface area contributed by atoms with Crippen molar-refractivity contribution in [1.82, 2.24) is 19.9 Å². The molecule has 0 atom stereocenters. The largest absolute Gasteiger partial charge is 0.387 e. The van der Waals surface area contributed by atoms with E-state index in [-0.39, 0.29) is 0 Å². The zero-order chi connectivity index (χ0) is 22.1. The quantitative estimate of drug-likeness (QED) is 0.615. The molecule has 168 valence electrons. The Labute approximate surface area is 188 Å². The summed E-state index contributed by atoms with van der Waals surface area (Å²) >= 11 is 0. The molecule has 3 N–H and O–H groups in total. The summed E-state index contributed by atoms with van der Waals surface area (Å²) in [6, 6.07) is 8.79. The van der Waals surface area contributed by atoms with Gasteiger partial charge in [0.05, 0.1) is 11.2 Å². The van der Waals surface area contributed by atoms with E-state index in [0.717, 1.165) is 72.3 Å². The molecule has 2 aromatic heterocycles. The summed E-state index contributed by atoms with van der Waals surface area (Å²) in [5.41, 5.74) is 10.3. The fourth-order valence-electron chi connectivity index (χ4n) is 5.20. The van der Waals surface area contributed by atoms with Gasteiger partial charge < -0.3 is 16.0 Å². The van der Waals surface area contributed by atoms with E-state index in [0.29, 0.717) is 30.6 Å². The second-order valence-corrected chi connectivity index (χ2v) is 9.13. The molecule has 7 heteroatoms. The maximum Gasteiger partial charge on any atom is 0.135 e. The number of halogens is 1. The van der Waals surface area contributed by atoms with Crippen LogP contribution in [0.3, 0.4) is 0 Å². The SMILES string of the molecule is CNc1cncc(-c2ccc3nc(C4CCC(N5CCC(F)CC5)CC4)nc(N)c3c2)c1. The van der Waals surface area contributed by atoms with E-state index < -0.39 is 6.17 Å². The van der Waals surface area contributed by atoms with E-state index in [1.807, 2.05) is 19.3 Å². The second-order valence-electron chi connectivity index (χ2n) is 9.13. The number of hydrogen-bond donors (Lipinski definition) is 2. The number of rotatable bonds is 4. The summed E-state index contributed by atoms with van der Waals surface area (Å²) in [7, 11) is 1.88. The van der Waals surface area contributed by atoms with Crippen LogP contribution in [0.4, 0.5) is 15.9 Å². The molecule has 6 nitrogen and oxygen atoms in total. The predicted molar refractivity (Wildman–Crippen MR) is 127 cm³/mol. The van der Waals surface area contributed by atoms with Crippen molar-refractivity contribution in [3.63, 3.8) is 0 Å². The summed E-state index contributed by atoms with van der Waals surface area (Å²) in [6.07, 6.45) is 8.77. The Balaban J connectivity index is 1.32. The molecule has 3 heterocycles. The number of likely N-dealkylation sites (tertiary alicyclic amines) is 1. The summed E-state index contributed by atoms with van der Waals surface area (Å²) in [4.78, 5) is 16.4. The topological polar surface area (TPSA) is 80.0 Å². The van der Waals surface area contributed by atoms with Crippen LogP contribution in [0.2, 0.25) is 0 Å². The number of piperidine rings is 1. The van der Waals surface area contributed by atoms with Gasteiger partial charge in [-0.25, -0.2) is 14.4 Å². The molecule has 2 fully saturated rings. The first-order chi connectivity index (χ1) is 15.6. The average molecular weight is 435 g/mol. The molecule has 1 aliphatic heterocycles. The number of nitrogens with one attached hydrogen (secondary N) is 1. The number of hydrogen-bond acceptors (Lipinski definition) is 6. The zero-order valence-electron chi connectivity index (χ0n) is 18.6. The number of fused-ring (bicyclic) bond motifs is 1. The van der Waals surface area contributed by atoms with E-state index in [4.69, 9.17) is 15.7 Å². The Hall–Kier alpha value is -2.80. The molecule has 0 unspecified atom stereocenters. The number of nitrogens with zero attached hydrogens (tertiary/aromatic N) is 4. The summed E-state index contributed by atoms with van der Waals surface area (Å²) in [5.74, 6) is 1.74. The summed E-state index contributed by atoms with van der Waals surface area (Å²) < 4.78 is 13.5. The number of nitrogens with two attached hydrogens (primary N) is 1. The third kappa shape index (κ3) is 4.26. The Morgan fingerprint density at radius 1 is 0.969 bits per heavy atom. The molecule has 2 aliphatic rings. The molecular formula is C25H31FN6. The number of alkyl halides is 1. The Kier molecular flexibility index (Phi) is 5.91. The van der Waals surface area contributed by atoms with Crippen LogP contribution in [0, 0.1) is 0 Å². The van der Waals surface area contributed by atoms with E-state index in [1.165, 1.54) is 0 Å². The van der Waals surface area contributed by atoms with Gasteiger partial charge in [0, 0.05) is 55.4 Å². The van der Waals surface area contributed by atoms with Gasteiger partial charge in [-0.1, -0.05) is 6.07 Å². The Bertz CT molecular complexity index is 1090. The van der Waals surface area contributed by atoms with Crippen molar-refractivity contribution in [2.45, 2.75) is 56.7 Å². The molecule has 0 radical (unpaired) electrons. The van der Waals surface area contributed by atoms with Gasteiger partial charge >= 0.3 is 0 Å². The third-order valence-electron chi connectivity index (χ3n) is 7.14. The van der Waals surface area contributed by atoms with Crippen molar-refractivity contribution in [2.75, 3.05) is 31.2 Å². The van der Waals surface area contributed by atoms with E-state index in [2.05, 4.69) is 33.4 Å². The lowest BCUT2D eigenvalue weighted by Crippen LogP contribution is -2.43. The minimum absolute atomic E-state index is 0.341. The van der Waals surface area contributed by atoms with Crippen LogP contribution in [0.5, 0.6) is 0 Å². The zero-order valence-corrected chi connectivity index (χ0v) is 18.6. The number of pyridine rings is 1. The molecular weight excluding hydrogens is 403 g/mol. The standard InChI is InChI=1S/C25H31FN6/c1-28-20-12-18(14-29-15-20)17-4-7-23-22(13-17)24(27)31-25(30-23)16-2-5-21(6-3-16)32-10-8-19(26)9-11-32/h4,7,12-16,19,21,28H,2-3,5-6,8-11H2,1H3,(H2,27,30,31). The minimum Gasteiger partial charge on any atom is -0.387 e. The van der Waals surface area contributed by atoms with Crippen LogP contribution in [0.1, 0.15) is 50.3 Å². The maximum atomic E-state index is 13.5. The summed E-state index contributed by atoms with van der Waals surface area (Å²) in [5, 5.41) is 4.00. The van der Waals surface area contributed by atoms with Crippen molar-refractivity contribution in [1.29, 1.82) is 0 Å². The monoisotopic (exact) mass is 434 g/mol. The van der Waals surface area contributed by atoms with Crippen molar-refractivity contribution in [3.8, 4) is 11.1 Å². The highest BCUT2D eigenvalue weighted by atomic mass is 19.1. The highest BCUT2D eigenvalue weighted by molar-refractivity contribution is 5.92. The van der Waals surface area contributed by atoms with Crippen molar-refractivity contribution in [2.24, 2.45) is 0 Å². The van der Waals surface area contributed by atoms with Crippen molar-refractivity contribution in [3.05, 3.63) is 42.5 Å². The Morgan fingerprint density at radius 2 is 1.75 bits per heavy atom. The van der Waals surface area contributed by atoms with Crippen LogP contribution in [0.25, 0.3) is 22.0 Å². The molecule has 0 bridgehead atoms. The molecule has 1 saturated heterocycles. The minimum atomic E-state index is -0.611. The molecule has 5 rings (SSSR count). The van der Waals surface area contributed by atoms with Crippen LogP contribution < -0.4 is 11.1 Å². The highest BCUT2D eigenvalue weighted by Crippen LogP contribution is 2.36. The van der Waals surface area contributed by atoms with Gasteiger partial charge in [0.2, 0.25) is 0 Å². The van der Waals surface area contributed by atoms with Crippen molar-refractivity contribution >= 4 is 22.4 Å². The van der Waals surface area contributed by atoms with Gasteiger partial charge in [0.15, 0.2) is 0 Å². The number of anilines is 2. The molecule has 0 spiro atoms. The molecule has 1 aromatic carbocycles. The van der Waals surface area contributed by atoms with E-state index in [1.54, 1.807) is 6.20 Å². The molecule has 0 amide bonds. The average Bonchev–Trinajstić information content (AvgIpc) is 2.84. The van der Waals surface area contributed by atoms with Crippen LogP contribution in [-0.4, -0.2) is 52.2 Å². The first-order valence-corrected chi connectivity index (χ1v) is 11.7. The molecule has 3 aromatic rings. The number of benzene rings is 1. The smallest absolute Gasteiger partial charge is 0.135 e. The summed E-state index contributed by atoms with van der Waals surface area (Å²) in [6.45, 7) is 1.79. The van der Waals surface area contributed by atoms with Gasteiger partial charge in [0.25, 0.3) is 0 Å². The predicted octanol–water partition coefficient (Wildman–Crippen LogP) is 4.78. The first kappa shape index (κ1) is 21.1. The van der Waals surface area contributed by atoms with Crippen LogP contribution in [0.15, 0.2) is 36.7 Å². The van der Waals surface area contributed by atoms with E-state index in [9.17, 15) is 4.39 Å². The molecule has 32 heavy (non-hydrogen) atoms. The maximum absolute atomic E-state index is 13.5. The lowest BCUT2D eigenvalue weighted by molar-refractivity contribution is 0.0875. The Morgan fingerprint density at radius 3 is 2.50 bits per heavy atom. The van der Waals surface area contributed by atoms with Gasteiger partial charge in [-0.3, -0.25) is 4.98 Å². The van der Waals surface area contributed by atoms with Crippen LogP contribution >= 0.6 is 0 Å². The van der Waals surface area contributed by atoms with Gasteiger partial charge in [-0.15, -0.1) is 0 Å². The van der Waals surface area contributed by atoms with Gasteiger partial charge in [0.1, 0.15) is 17.8 Å². The number of nitrogen functional groups attached to an aromatic ring is 1. The molecule has 1 saturated carbocycles. The third-order valence-corrected chi connectivity index (χ3v) is 7.14. The first-order valence-electron chi connectivity index (χ1n) is 11.7. The lowest BCUT2D eigenvalue weighted by atomic mass is 9.84. The van der Waals surface area contributed by atoms with E-state index >= 15 is 0 Å². The fraction of sp³-hybridized carbons (Fsp3) is 0.480. The lowest BCUT2D eigenvalue weighted by Gasteiger charge is -2.39. The van der Waals surface area contributed by atoms with Crippen LogP contribution in [-0.2, 0) is 0 Å². The second kappa shape index (κ2) is 8.98. The van der Waals surface area contributed by atoms with Crippen molar-refractivity contribution < 1.29 is 4.39 Å². The molecule has 1 aliphatic carbocycles. The fourth-order valence-corrected chi connectivity index (χ4v) is 5.20. The number of aromatic nitrogens is 3. The van der Waals surface area contributed by atoms with Gasteiger partial charge in [-0.05, 0) is 62.3 Å². The van der Waals surface area contributed by atoms with Gasteiger partial charge in [-0.2, -0.15) is 0 Å². The highest BCUT2D eigenvalue weighted by Gasteiger charge is 2.30.